The molecule has 0 amide bonds. The number of hydrogen-bond acceptors (Lipinski definition) is 6. The summed E-state index contributed by atoms with van der Waals surface area (Å²) in [4.78, 5) is 38.3. The zero-order chi connectivity index (χ0) is 55.0. The minimum Gasteiger partial charge on any atom is -0.462 e. The van der Waals surface area contributed by atoms with E-state index in [1.165, 1.54) is 180 Å². The first-order valence-corrected chi connectivity index (χ1v) is 32.6. The molecule has 0 heterocycles. The molecule has 0 saturated heterocycles. The Morgan fingerprint density at radius 3 is 0.855 bits per heavy atom. The molecule has 0 aliphatic rings. The lowest BCUT2D eigenvalue weighted by Crippen LogP contribution is -2.30. The van der Waals surface area contributed by atoms with Gasteiger partial charge in [-0.1, -0.05) is 279 Å². The largest absolute Gasteiger partial charge is 0.462 e. The molecule has 0 radical (unpaired) electrons. The minimum absolute atomic E-state index is 0.0811. The smallest absolute Gasteiger partial charge is 0.306 e. The number of hydrogen-bond donors (Lipinski definition) is 0. The van der Waals surface area contributed by atoms with Gasteiger partial charge in [0.05, 0.1) is 0 Å². The van der Waals surface area contributed by atoms with Crippen LogP contribution in [0.4, 0.5) is 0 Å². The van der Waals surface area contributed by atoms with E-state index in [1.54, 1.807) is 0 Å². The summed E-state index contributed by atoms with van der Waals surface area (Å²) >= 11 is 0. The Morgan fingerprint density at radius 1 is 0.276 bits per heavy atom. The van der Waals surface area contributed by atoms with Gasteiger partial charge >= 0.3 is 17.9 Å². The maximum Gasteiger partial charge on any atom is 0.306 e. The summed E-state index contributed by atoms with van der Waals surface area (Å²) in [6, 6.07) is 0. The molecule has 0 aromatic rings. The maximum absolute atomic E-state index is 12.9. The fourth-order valence-corrected chi connectivity index (χ4v) is 9.21. The number of rotatable bonds is 59. The van der Waals surface area contributed by atoms with Gasteiger partial charge < -0.3 is 14.2 Å². The van der Waals surface area contributed by atoms with Gasteiger partial charge in [-0.2, -0.15) is 0 Å². The van der Waals surface area contributed by atoms with Crippen LogP contribution in [0.15, 0.2) is 85.1 Å². The van der Waals surface area contributed by atoms with Gasteiger partial charge in [0.1, 0.15) is 13.2 Å². The summed E-state index contributed by atoms with van der Waals surface area (Å²) in [5.41, 5.74) is 0. The van der Waals surface area contributed by atoms with E-state index in [1.807, 2.05) is 0 Å². The molecular weight excluding hydrogens is 937 g/mol. The molecule has 0 rings (SSSR count). The Bertz CT molecular complexity index is 1450. The second kappa shape index (κ2) is 64.1. The van der Waals surface area contributed by atoms with Crippen molar-refractivity contribution in [3.05, 3.63) is 85.1 Å². The van der Waals surface area contributed by atoms with Crippen LogP contribution in [-0.2, 0) is 28.6 Å². The molecule has 0 aliphatic heterocycles. The molecule has 6 nitrogen and oxygen atoms in total. The standard InChI is InChI=1S/C70H122O6/c1-4-7-10-13-16-19-22-25-28-30-32-33-34-35-36-37-39-40-42-45-48-51-54-57-60-63-69(72)75-66-67(65-74-68(71)62-59-56-53-50-47-44-27-24-21-18-15-12-9-6-3)76-70(73)64-61-58-55-52-49-46-43-41-38-31-29-26-23-20-17-14-11-8-5-2/h7,10,15-16,18-19,24-29,32-33,67H,4-6,8-9,11-14,17,20-23,30-31,34-66H2,1-3H3/b10-7-,18-15-,19-16-,27-24-,28-25-,29-26-,33-32-. The normalized spacial score (nSPS) is 12.6. The van der Waals surface area contributed by atoms with Gasteiger partial charge in [0, 0.05) is 19.3 Å². The predicted molar refractivity (Wildman–Crippen MR) is 330 cm³/mol. The molecule has 0 aromatic carbocycles. The van der Waals surface area contributed by atoms with Crippen molar-refractivity contribution in [3.63, 3.8) is 0 Å². The van der Waals surface area contributed by atoms with E-state index in [0.717, 1.165) is 103 Å². The van der Waals surface area contributed by atoms with E-state index in [0.29, 0.717) is 19.3 Å². The van der Waals surface area contributed by atoms with Gasteiger partial charge in [-0.05, 0) is 109 Å². The second-order valence-corrected chi connectivity index (χ2v) is 21.6. The molecular formula is C70H122O6. The third-order valence-electron chi connectivity index (χ3n) is 14.1. The molecule has 1 unspecified atom stereocenters. The van der Waals surface area contributed by atoms with Crippen molar-refractivity contribution in [2.75, 3.05) is 13.2 Å². The molecule has 0 fully saturated rings. The van der Waals surface area contributed by atoms with Crippen molar-refractivity contribution >= 4 is 17.9 Å². The highest BCUT2D eigenvalue weighted by Crippen LogP contribution is 2.16. The van der Waals surface area contributed by atoms with E-state index in [-0.39, 0.29) is 31.1 Å². The van der Waals surface area contributed by atoms with Crippen LogP contribution in [0.25, 0.3) is 0 Å². The second-order valence-electron chi connectivity index (χ2n) is 21.6. The van der Waals surface area contributed by atoms with Crippen molar-refractivity contribution in [1.29, 1.82) is 0 Å². The third-order valence-corrected chi connectivity index (χ3v) is 14.1. The highest BCUT2D eigenvalue weighted by atomic mass is 16.6. The average Bonchev–Trinajstić information content (AvgIpc) is 3.42. The molecule has 1 atom stereocenters. The number of ether oxygens (including phenoxy) is 3. The van der Waals surface area contributed by atoms with Crippen LogP contribution >= 0.6 is 0 Å². The third kappa shape index (κ3) is 61.4. The van der Waals surface area contributed by atoms with Crippen molar-refractivity contribution in [2.24, 2.45) is 0 Å². The maximum atomic E-state index is 12.9. The quantitative estimate of drug-likeness (QED) is 0.0261. The number of carbonyl (C=O) groups is 3. The number of carbonyl (C=O) groups excluding carboxylic acids is 3. The zero-order valence-corrected chi connectivity index (χ0v) is 50.3. The zero-order valence-electron chi connectivity index (χ0n) is 50.3. The van der Waals surface area contributed by atoms with Crippen molar-refractivity contribution in [3.8, 4) is 0 Å². The highest BCUT2D eigenvalue weighted by molar-refractivity contribution is 5.71. The summed E-state index contributed by atoms with van der Waals surface area (Å²) in [5.74, 6) is -0.886. The lowest BCUT2D eigenvalue weighted by Gasteiger charge is -2.18. The van der Waals surface area contributed by atoms with Crippen LogP contribution < -0.4 is 0 Å². The Hall–Kier alpha value is -3.41. The van der Waals surface area contributed by atoms with Crippen LogP contribution in [0, 0.1) is 0 Å². The van der Waals surface area contributed by atoms with E-state index < -0.39 is 6.10 Å². The van der Waals surface area contributed by atoms with Crippen molar-refractivity contribution < 1.29 is 28.6 Å². The summed E-state index contributed by atoms with van der Waals surface area (Å²) < 4.78 is 16.9. The lowest BCUT2D eigenvalue weighted by molar-refractivity contribution is -0.167. The topological polar surface area (TPSA) is 78.9 Å². The lowest BCUT2D eigenvalue weighted by atomic mass is 10.0. The first kappa shape index (κ1) is 72.6. The Balaban J connectivity index is 4.32. The van der Waals surface area contributed by atoms with Crippen LogP contribution in [0.2, 0.25) is 0 Å². The Morgan fingerprint density at radius 2 is 0.526 bits per heavy atom. The van der Waals surface area contributed by atoms with Crippen molar-refractivity contribution in [2.45, 2.75) is 329 Å². The molecule has 0 N–H and O–H groups in total. The van der Waals surface area contributed by atoms with E-state index in [4.69, 9.17) is 14.2 Å². The molecule has 0 bridgehead atoms. The van der Waals surface area contributed by atoms with E-state index in [9.17, 15) is 14.4 Å². The number of esters is 3. The first-order valence-electron chi connectivity index (χ1n) is 32.6. The van der Waals surface area contributed by atoms with Crippen LogP contribution in [-0.4, -0.2) is 37.2 Å². The molecule has 0 spiro atoms. The average molecular weight is 1060 g/mol. The molecule has 76 heavy (non-hydrogen) atoms. The van der Waals surface area contributed by atoms with Crippen LogP contribution in [0.1, 0.15) is 323 Å². The van der Waals surface area contributed by atoms with Gasteiger partial charge in [-0.25, -0.2) is 0 Å². The van der Waals surface area contributed by atoms with E-state index in [2.05, 4.69) is 106 Å². The molecule has 0 saturated carbocycles. The first-order chi connectivity index (χ1) is 37.5. The summed E-state index contributed by atoms with van der Waals surface area (Å²) in [7, 11) is 0. The summed E-state index contributed by atoms with van der Waals surface area (Å²) in [6.45, 7) is 6.50. The monoisotopic (exact) mass is 1060 g/mol. The van der Waals surface area contributed by atoms with E-state index >= 15 is 0 Å². The summed E-state index contributed by atoms with van der Waals surface area (Å²) in [6.07, 6.45) is 84.4. The molecule has 438 valence electrons. The van der Waals surface area contributed by atoms with Crippen LogP contribution in [0.3, 0.4) is 0 Å². The Kier molecular flexibility index (Phi) is 61.2. The van der Waals surface area contributed by atoms with Gasteiger partial charge in [0.15, 0.2) is 6.10 Å². The molecule has 6 heteroatoms. The van der Waals surface area contributed by atoms with Crippen LogP contribution in [0.5, 0.6) is 0 Å². The van der Waals surface area contributed by atoms with Gasteiger partial charge in [-0.3, -0.25) is 14.4 Å². The van der Waals surface area contributed by atoms with Crippen molar-refractivity contribution in [1.82, 2.24) is 0 Å². The summed E-state index contributed by atoms with van der Waals surface area (Å²) in [5, 5.41) is 0. The van der Waals surface area contributed by atoms with Gasteiger partial charge in [-0.15, -0.1) is 0 Å². The van der Waals surface area contributed by atoms with Gasteiger partial charge in [0.2, 0.25) is 0 Å². The number of allylic oxidation sites excluding steroid dienone is 14. The fraction of sp³-hybridized carbons (Fsp3) is 0.757. The molecule has 0 aromatic heterocycles. The Labute approximate surface area is 471 Å². The number of unbranched alkanes of at least 4 members (excludes halogenated alkanes) is 34. The highest BCUT2D eigenvalue weighted by Gasteiger charge is 2.19. The SMILES string of the molecule is CC/C=C\C/C=C\C/C=C\C/C=C\CCCCCCCCCCCCCCC(=O)OCC(COC(=O)CCCCCCC/C=C\C/C=C\CCCC)OC(=O)CCCCCCCCCCC/C=C\CCCCCCCC. The minimum atomic E-state index is -0.785. The molecule has 0 aliphatic carbocycles. The van der Waals surface area contributed by atoms with Gasteiger partial charge in [0.25, 0.3) is 0 Å². The fourth-order valence-electron chi connectivity index (χ4n) is 9.21. The predicted octanol–water partition coefficient (Wildman–Crippen LogP) is 22.3.